The summed E-state index contributed by atoms with van der Waals surface area (Å²) in [6, 6.07) is 0. The molecule has 5 aliphatic heterocycles. The van der Waals surface area contributed by atoms with Gasteiger partial charge in [0.25, 0.3) is 0 Å². The third-order valence-electron chi connectivity index (χ3n) is 2.73. The van der Waals surface area contributed by atoms with Crippen molar-refractivity contribution < 1.29 is 0 Å². The van der Waals surface area contributed by atoms with Gasteiger partial charge in [0.15, 0.2) is 0 Å². The van der Waals surface area contributed by atoms with Crippen molar-refractivity contribution in [2.75, 3.05) is 11.5 Å². The van der Waals surface area contributed by atoms with Crippen molar-refractivity contribution >= 4 is 124 Å². The molecule has 0 unspecified atom stereocenters. The molecular weight excluding hydrogens is 559 g/mol. The molecule has 0 fully saturated rings. The van der Waals surface area contributed by atoms with Crippen LogP contribution in [-0.2, 0) is 0 Å². The van der Waals surface area contributed by atoms with E-state index in [2.05, 4.69) is 9.95 Å². The first-order chi connectivity index (χ1) is 10.9. The van der Waals surface area contributed by atoms with Crippen molar-refractivity contribution in [1.29, 1.82) is 0 Å². The van der Waals surface area contributed by atoms with Crippen LogP contribution in [0.4, 0.5) is 0 Å². The van der Waals surface area contributed by atoms with E-state index < -0.39 is 0 Å². The summed E-state index contributed by atoms with van der Waals surface area (Å²) in [7, 11) is 0. The summed E-state index contributed by atoms with van der Waals surface area (Å²) in [5.41, 5.74) is 0. The van der Waals surface area contributed by atoms with Crippen LogP contribution < -0.4 is 0 Å². The van der Waals surface area contributed by atoms with E-state index in [9.17, 15) is 0 Å². The minimum absolute atomic E-state index is 0.639. The molecule has 0 aromatic heterocycles. The minimum atomic E-state index is 0.639. The summed E-state index contributed by atoms with van der Waals surface area (Å²) in [6.07, 6.45) is 0. The quantitative estimate of drug-likeness (QED) is 0.310. The average Bonchev–Trinajstić information content (AvgIpc) is 3.27. The molecule has 0 bridgehead atoms. The Morgan fingerprint density at radius 3 is 1.45 bits per heavy atom. The Kier molecular flexibility index (Phi) is 5.52. The van der Waals surface area contributed by atoms with Gasteiger partial charge in [0.05, 0.1) is 0 Å². The normalized spacial score (nSPS) is 27.6. The van der Waals surface area contributed by atoms with Crippen LogP contribution in [0.15, 0.2) is 43.0 Å². The zero-order valence-corrected chi connectivity index (χ0v) is 20.6. The van der Waals surface area contributed by atoms with Crippen LogP contribution in [-0.4, -0.2) is 41.4 Å². The molecule has 5 aliphatic rings. The number of rotatable bonds is 0. The van der Waals surface area contributed by atoms with Gasteiger partial charge >= 0.3 is 178 Å². The average molecular weight is 565 g/mol. The Bertz CT molecular complexity index is 665. The SMILES string of the molecule is C1=C[Se]C(=C2SC3=C(SC(=C4SC5=C(SCCS5)S4)S3)S2)[Se]1. The predicted molar refractivity (Wildman–Crippen MR) is 119 cm³/mol. The first-order valence-electron chi connectivity index (χ1n) is 6.15. The van der Waals surface area contributed by atoms with Gasteiger partial charge in [0.2, 0.25) is 0 Å². The summed E-state index contributed by atoms with van der Waals surface area (Å²) < 4.78 is 12.6. The van der Waals surface area contributed by atoms with Crippen LogP contribution in [0.25, 0.3) is 0 Å². The van der Waals surface area contributed by atoms with Crippen molar-refractivity contribution in [2.24, 2.45) is 0 Å². The van der Waals surface area contributed by atoms with Gasteiger partial charge < -0.3 is 0 Å². The van der Waals surface area contributed by atoms with E-state index in [-0.39, 0.29) is 0 Å². The molecule has 5 rings (SSSR count). The molecule has 0 nitrogen and oxygen atoms in total. The van der Waals surface area contributed by atoms with Gasteiger partial charge in [-0.3, -0.25) is 0 Å². The Morgan fingerprint density at radius 2 is 0.955 bits per heavy atom. The van der Waals surface area contributed by atoms with Gasteiger partial charge in [0.1, 0.15) is 0 Å². The fourth-order valence-electron chi connectivity index (χ4n) is 1.86. The fourth-order valence-corrected chi connectivity index (χ4v) is 20.5. The molecule has 0 N–H and O–H groups in total. The second-order valence-electron chi connectivity index (χ2n) is 4.12. The number of hydrogen-bond donors (Lipinski definition) is 0. The standard InChI is InChI=1S/C12H6S8Se2/c1-2-14-6-5(13-1)15-7(16-6)8-17-9-10(18-8)20-11(19-9)12-21-3-4-22-12/h3-4H,1-2H2. The summed E-state index contributed by atoms with van der Waals surface area (Å²) in [6.45, 7) is 0. The molecule has 0 radical (unpaired) electrons. The van der Waals surface area contributed by atoms with E-state index in [1.807, 2.05) is 94.1 Å². The molecule has 22 heavy (non-hydrogen) atoms. The first-order valence-corrected chi connectivity index (χ1v) is 16.7. The fraction of sp³-hybridized carbons (Fsp3) is 0.167. The maximum absolute atomic E-state index is 2.39. The summed E-state index contributed by atoms with van der Waals surface area (Å²) in [5.74, 6) is 2.55. The maximum atomic E-state index is 2.39. The molecule has 0 aliphatic carbocycles. The van der Waals surface area contributed by atoms with Crippen molar-refractivity contribution in [3.8, 4) is 0 Å². The van der Waals surface area contributed by atoms with E-state index in [0.29, 0.717) is 29.9 Å². The van der Waals surface area contributed by atoms with Crippen LogP contribution in [0.5, 0.6) is 0 Å². The van der Waals surface area contributed by atoms with E-state index in [4.69, 9.17) is 0 Å². The van der Waals surface area contributed by atoms with Gasteiger partial charge in [0, 0.05) is 0 Å². The Hall–Kier alpha value is 2.54. The zero-order valence-electron chi connectivity index (χ0n) is 10.7. The molecule has 0 aromatic carbocycles. The summed E-state index contributed by atoms with van der Waals surface area (Å²) in [5, 5.41) is 0. The molecule has 114 valence electrons. The molecular formula is C12H6S8Se2. The molecule has 0 atom stereocenters. The molecule has 0 spiro atoms. The van der Waals surface area contributed by atoms with Gasteiger partial charge in [-0.2, -0.15) is 0 Å². The summed E-state index contributed by atoms with van der Waals surface area (Å²) >= 11 is 17.6. The second-order valence-corrected chi connectivity index (χ2v) is 19.4. The molecule has 0 amide bonds. The Labute approximate surface area is 176 Å². The third kappa shape index (κ3) is 3.27. The van der Waals surface area contributed by atoms with Crippen molar-refractivity contribution in [2.45, 2.75) is 0 Å². The monoisotopic (exact) mass is 566 g/mol. The van der Waals surface area contributed by atoms with Gasteiger partial charge in [-0.25, -0.2) is 0 Å². The van der Waals surface area contributed by atoms with Gasteiger partial charge in [-0.1, -0.05) is 0 Å². The molecule has 0 saturated carbocycles. The van der Waals surface area contributed by atoms with Crippen molar-refractivity contribution in [1.82, 2.24) is 0 Å². The van der Waals surface area contributed by atoms with Crippen LogP contribution in [0, 0.1) is 0 Å². The van der Waals surface area contributed by atoms with E-state index in [0.717, 1.165) is 0 Å². The van der Waals surface area contributed by atoms with Crippen LogP contribution in [0.1, 0.15) is 0 Å². The van der Waals surface area contributed by atoms with Gasteiger partial charge in [-0.15, -0.1) is 0 Å². The molecule has 0 saturated heterocycles. The van der Waals surface area contributed by atoms with E-state index in [1.165, 1.54) is 20.0 Å². The van der Waals surface area contributed by atoms with Crippen LogP contribution in [0.2, 0.25) is 0 Å². The van der Waals surface area contributed by atoms with E-state index >= 15 is 0 Å². The Morgan fingerprint density at radius 1 is 0.545 bits per heavy atom. The van der Waals surface area contributed by atoms with Crippen LogP contribution in [0.3, 0.4) is 0 Å². The van der Waals surface area contributed by atoms with Crippen molar-refractivity contribution in [3.05, 3.63) is 43.0 Å². The second kappa shape index (κ2) is 7.28. The zero-order chi connectivity index (χ0) is 14.5. The number of thioether (sulfide) groups is 8. The Balaban J connectivity index is 1.31. The molecule has 5 heterocycles. The van der Waals surface area contributed by atoms with Gasteiger partial charge in [-0.05, 0) is 0 Å². The third-order valence-corrected chi connectivity index (χ3v) is 21.7. The first kappa shape index (κ1) is 16.7. The van der Waals surface area contributed by atoms with Crippen LogP contribution >= 0.6 is 94.1 Å². The molecule has 10 heteroatoms. The number of hydrogen-bond acceptors (Lipinski definition) is 8. The van der Waals surface area contributed by atoms with E-state index in [1.54, 1.807) is 24.6 Å². The van der Waals surface area contributed by atoms with Crippen molar-refractivity contribution in [3.63, 3.8) is 0 Å². The topological polar surface area (TPSA) is 0 Å². The summed E-state index contributed by atoms with van der Waals surface area (Å²) in [4.78, 5) is 4.79. The molecule has 0 aromatic rings. The predicted octanol–water partition coefficient (Wildman–Crippen LogP) is 6.31.